The molecule has 0 spiro atoms. The maximum atomic E-state index is 13.9. The van der Waals surface area contributed by atoms with E-state index >= 15 is 0 Å². The number of nitrogens with zero attached hydrogens (tertiary/aromatic N) is 4. The minimum atomic E-state index is -1.29. The van der Waals surface area contributed by atoms with Gasteiger partial charge in [0, 0.05) is 42.6 Å². The standard InChI is InChI=1S/C29H32N6O3/c1-29(2,3)24(36)18-35-23-15-7-6-13-21(23)25(22-14-8-9-16-30-22)32-26(27(35)37)33-28(38)31-19-11-10-12-20(17-19)34(4)5/h6-17,26H,18H2,1-5H3,(H2,31,33,38)/t26-/m0/s1. The number of para-hydroxylation sites is 1. The van der Waals surface area contributed by atoms with Gasteiger partial charge in [0.1, 0.15) is 0 Å². The highest BCUT2D eigenvalue weighted by molar-refractivity contribution is 6.20. The van der Waals surface area contributed by atoms with Gasteiger partial charge in [0.05, 0.1) is 23.6 Å². The molecule has 2 N–H and O–H groups in total. The van der Waals surface area contributed by atoms with E-state index < -0.39 is 23.5 Å². The highest BCUT2D eigenvalue weighted by Gasteiger charge is 2.36. The number of fused-ring (bicyclic) bond motifs is 1. The summed E-state index contributed by atoms with van der Waals surface area (Å²) in [6.07, 6.45) is 0.352. The van der Waals surface area contributed by atoms with Crippen molar-refractivity contribution in [3.05, 3.63) is 84.2 Å². The predicted octanol–water partition coefficient (Wildman–Crippen LogP) is 4.09. The molecule has 1 aliphatic heterocycles. The number of urea groups is 1. The average molecular weight is 513 g/mol. The van der Waals surface area contributed by atoms with Gasteiger partial charge in [-0.05, 0) is 36.4 Å². The third-order valence-corrected chi connectivity index (χ3v) is 6.14. The number of carbonyl (C=O) groups is 3. The van der Waals surface area contributed by atoms with E-state index in [1.54, 1.807) is 36.5 Å². The lowest BCUT2D eigenvalue weighted by molar-refractivity contribution is -0.127. The zero-order valence-corrected chi connectivity index (χ0v) is 22.2. The maximum Gasteiger partial charge on any atom is 0.321 e. The fraction of sp³-hybridized carbons (Fsp3) is 0.276. The molecule has 1 aliphatic rings. The van der Waals surface area contributed by atoms with E-state index in [1.807, 2.05) is 76.2 Å². The minimum Gasteiger partial charge on any atom is -0.378 e. The first-order chi connectivity index (χ1) is 18.0. The molecule has 1 atom stereocenters. The van der Waals surface area contributed by atoms with Crippen LogP contribution in [0.2, 0.25) is 0 Å². The van der Waals surface area contributed by atoms with Crippen molar-refractivity contribution >= 4 is 40.5 Å². The molecule has 0 saturated carbocycles. The first-order valence-corrected chi connectivity index (χ1v) is 12.3. The quantitative estimate of drug-likeness (QED) is 0.517. The Bertz CT molecular complexity index is 1380. The van der Waals surface area contributed by atoms with Crippen molar-refractivity contribution in [1.29, 1.82) is 0 Å². The number of ketones is 1. The lowest BCUT2D eigenvalue weighted by Crippen LogP contribution is -2.50. The van der Waals surface area contributed by atoms with Crippen LogP contribution in [0.3, 0.4) is 0 Å². The Kier molecular flexibility index (Phi) is 7.57. The average Bonchev–Trinajstić information content (AvgIpc) is 2.99. The Morgan fingerprint density at radius 2 is 1.74 bits per heavy atom. The number of hydrogen-bond donors (Lipinski definition) is 2. The molecule has 3 aromatic rings. The van der Waals surface area contributed by atoms with E-state index in [4.69, 9.17) is 0 Å². The molecule has 0 unspecified atom stereocenters. The SMILES string of the molecule is CN(C)c1cccc(NC(=O)N[C@@H]2N=C(c3ccccn3)c3ccccc3N(CC(=O)C(C)(C)C)C2=O)c1. The van der Waals surface area contributed by atoms with Gasteiger partial charge < -0.3 is 20.4 Å². The molecule has 3 amide bonds. The number of aromatic nitrogens is 1. The summed E-state index contributed by atoms with van der Waals surface area (Å²) in [4.78, 5) is 52.5. The van der Waals surface area contributed by atoms with Crippen LogP contribution in [0.25, 0.3) is 0 Å². The Labute approximate surface area is 222 Å². The van der Waals surface area contributed by atoms with Crippen LogP contribution in [-0.4, -0.2) is 55.2 Å². The summed E-state index contributed by atoms with van der Waals surface area (Å²) in [6, 6.07) is 19.4. The fourth-order valence-corrected chi connectivity index (χ4v) is 3.93. The smallest absolute Gasteiger partial charge is 0.321 e. The molecule has 0 fully saturated rings. The Balaban J connectivity index is 1.73. The summed E-state index contributed by atoms with van der Waals surface area (Å²) in [6.45, 7) is 5.27. The van der Waals surface area contributed by atoms with Crippen LogP contribution < -0.4 is 20.4 Å². The zero-order chi connectivity index (χ0) is 27.4. The molecule has 0 radical (unpaired) electrons. The Morgan fingerprint density at radius 3 is 2.42 bits per heavy atom. The second-order valence-corrected chi connectivity index (χ2v) is 10.3. The van der Waals surface area contributed by atoms with Gasteiger partial charge in [0.25, 0.3) is 5.91 Å². The van der Waals surface area contributed by atoms with Gasteiger partial charge in [-0.3, -0.25) is 14.6 Å². The van der Waals surface area contributed by atoms with Crippen molar-refractivity contribution < 1.29 is 14.4 Å². The molecule has 0 aliphatic carbocycles. The van der Waals surface area contributed by atoms with Gasteiger partial charge in [0.15, 0.2) is 5.78 Å². The Morgan fingerprint density at radius 1 is 1.00 bits per heavy atom. The summed E-state index contributed by atoms with van der Waals surface area (Å²) >= 11 is 0. The van der Waals surface area contributed by atoms with Crippen LogP contribution in [0.4, 0.5) is 21.9 Å². The number of nitrogens with one attached hydrogen (secondary N) is 2. The number of rotatable bonds is 6. The predicted molar refractivity (Wildman–Crippen MR) is 150 cm³/mol. The summed E-state index contributed by atoms with van der Waals surface area (Å²) in [5, 5.41) is 5.48. The van der Waals surface area contributed by atoms with E-state index in [1.165, 1.54) is 4.90 Å². The lowest BCUT2D eigenvalue weighted by Gasteiger charge is -2.28. The topological polar surface area (TPSA) is 107 Å². The van der Waals surface area contributed by atoms with Crippen molar-refractivity contribution in [2.24, 2.45) is 10.4 Å². The van der Waals surface area contributed by atoms with Gasteiger partial charge in [-0.15, -0.1) is 0 Å². The van der Waals surface area contributed by atoms with E-state index in [9.17, 15) is 14.4 Å². The number of aliphatic imine (C=N–C) groups is 1. The number of amides is 3. The van der Waals surface area contributed by atoms with Crippen molar-refractivity contribution in [2.45, 2.75) is 26.9 Å². The highest BCUT2D eigenvalue weighted by atomic mass is 16.2. The molecule has 9 nitrogen and oxygen atoms in total. The largest absolute Gasteiger partial charge is 0.378 e. The molecule has 9 heteroatoms. The molecule has 2 heterocycles. The fourth-order valence-electron chi connectivity index (χ4n) is 3.93. The molecule has 4 rings (SSSR count). The number of benzene rings is 2. The zero-order valence-electron chi connectivity index (χ0n) is 22.2. The van der Waals surface area contributed by atoms with E-state index in [0.717, 1.165) is 5.69 Å². The first kappa shape index (κ1) is 26.5. The van der Waals surface area contributed by atoms with Crippen LogP contribution in [0.1, 0.15) is 32.0 Å². The molecule has 196 valence electrons. The minimum absolute atomic E-state index is 0.120. The second-order valence-electron chi connectivity index (χ2n) is 10.3. The highest BCUT2D eigenvalue weighted by Crippen LogP contribution is 2.29. The van der Waals surface area contributed by atoms with Crippen LogP contribution in [0.15, 0.2) is 77.9 Å². The number of Topliss-reactive ketones (excluding diaryl/α,β-unsaturated/α-hetero) is 1. The Hall–Kier alpha value is -4.53. The summed E-state index contributed by atoms with van der Waals surface area (Å²) in [5.41, 5.74) is 2.97. The maximum absolute atomic E-state index is 13.9. The number of carbonyl (C=O) groups excluding carboxylic acids is 3. The summed E-state index contributed by atoms with van der Waals surface area (Å²) < 4.78 is 0. The summed E-state index contributed by atoms with van der Waals surface area (Å²) in [7, 11) is 3.81. The molecule has 2 aromatic carbocycles. The van der Waals surface area contributed by atoms with Crippen LogP contribution in [0, 0.1) is 5.41 Å². The van der Waals surface area contributed by atoms with Crippen LogP contribution in [-0.2, 0) is 9.59 Å². The summed E-state index contributed by atoms with van der Waals surface area (Å²) in [5.74, 6) is -0.635. The molecule has 38 heavy (non-hydrogen) atoms. The molecule has 0 bridgehead atoms. The number of benzodiazepines with no additional fused rings is 1. The monoisotopic (exact) mass is 512 g/mol. The van der Waals surface area contributed by atoms with Crippen molar-refractivity contribution in [2.75, 3.05) is 35.8 Å². The molecule has 0 saturated heterocycles. The van der Waals surface area contributed by atoms with E-state index in [0.29, 0.717) is 28.3 Å². The van der Waals surface area contributed by atoms with E-state index in [-0.39, 0.29) is 12.3 Å². The number of pyridine rings is 1. The second kappa shape index (κ2) is 10.8. The van der Waals surface area contributed by atoms with Crippen LogP contribution in [0.5, 0.6) is 0 Å². The van der Waals surface area contributed by atoms with Gasteiger partial charge in [-0.25, -0.2) is 9.79 Å². The third-order valence-electron chi connectivity index (χ3n) is 6.14. The van der Waals surface area contributed by atoms with Gasteiger partial charge in [-0.1, -0.05) is 51.1 Å². The van der Waals surface area contributed by atoms with Crippen molar-refractivity contribution in [3.8, 4) is 0 Å². The number of hydrogen-bond acceptors (Lipinski definition) is 6. The van der Waals surface area contributed by atoms with Crippen LogP contribution >= 0.6 is 0 Å². The van der Waals surface area contributed by atoms with Crippen molar-refractivity contribution in [1.82, 2.24) is 10.3 Å². The molecular weight excluding hydrogens is 480 g/mol. The molecular formula is C29H32N6O3. The lowest BCUT2D eigenvalue weighted by atomic mass is 9.90. The van der Waals surface area contributed by atoms with Gasteiger partial charge in [-0.2, -0.15) is 0 Å². The third kappa shape index (κ3) is 5.88. The van der Waals surface area contributed by atoms with Gasteiger partial charge >= 0.3 is 6.03 Å². The van der Waals surface area contributed by atoms with Gasteiger partial charge in [0.2, 0.25) is 6.17 Å². The van der Waals surface area contributed by atoms with Crippen molar-refractivity contribution in [3.63, 3.8) is 0 Å². The normalized spacial score (nSPS) is 15.2. The first-order valence-electron chi connectivity index (χ1n) is 12.3. The molecule has 1 aromatic heterocycles. The van der Waals surface area contributed by atoms with E-state index in [2.05, 4.69) is 20.6 Å². The number of anilines is 3.